The fraction of sp³-hybridized carbons (Fsp3) is 0.304. The monoisotopic (exact) mass is 364 g/mol. The third kappa shape index (κ3) is 4.33. The van der Waals surface area contributed by atoms with Gasteiger partial charge in [0.05, 0.1) is 5.69 Å². The fourth-order valence-electron chi connectivity index (χ4n) is 3.25. The van der Waals surface area contributed by atoms with Crippen LogP contribution in [0.2, 0.25) is 0 Å². The number of para-hydroxylation sites is 1. The van der Waals surface area contributed by atoms with Crippen LogP contribution in [-0.2, 0) is 4.79 Å². The fourth-order valence-corrected chi connectivity index (χ4v) is 3.25. The highest BCUT2D eigenvalue weighted by molar-refractivity contribution is 5.93. The van der Waals surface area contributed by atoms with Gasteiger partial charge < -0.3 is 5.32 Å². The van der Waals surface area contributed by atoms with Crippen LogP contribution in [0.1, 0.15) is 38.3 Å². The minimum atomic E-state index is -0.325. The second kappa shape index (κ2) is 7.10. The summed E-state index contributed by atoms with van der Waals surface area (Å²) in [5, 5.41) is 3.81. The van der Waals surface area contributed by atoms with Crippen LogP contribution < -0.4 is 5.32 Å². The molecular weight excluding hydrogens is 339 g/mol. The molecule has 3 nitrogen and oxygen atoms in total. The third-order valence-corrected chi connectivity index (χ3v) is 4.45. The molecule has 3 rings (SSSR count). The summed E-state index contributed by atoms with van der Waals surface area (Å²) >= 11 is 0. The van der Waals surface area contributed by atoms with Gasteiger partial charge >= 0.3 is 0 Å². The van der Waals surface area contributed by atoms with E-state index >= 15 is 0 Å². The van der Waals surface area contributed by atoms with E-state index in [1.165, 1.54) is 6.07 Å². The molecule has 0 aliphatic rings. The highest BCUT2D eigenvalue weighted by Gasteiger charge is 2.18. The molecule has 0 atom stereocenters. The molecule has 0 saturated carbocycles. The molecule has 4 heteroatoms. The van der Waals surface area contributed by atoms with E-state index in [-0.39, 0.29) is 17.1 Å². The lowest BCUT2D eigenvalue weighted by Gasteiger charge is -2.19. The first-order valence-electron chi connectivity index (χ1n) is 9.11. The van der Waals surface area contributed by atoms with Crippen LogP contribution >= 0.6 is 0 Å². The normalized spacial score (nSPS) is 11.6. The first kappa shape index (κ1) is 19.0. The predicted molar refractivity (Wildman–Crippen MR) is 109 cm³/mol. The number of fused-ring (bicyclic) bond motifs is 1. The molecule has 3 aromatic rings. The van der Waals surface area contributed by atoms with Crippen LogP contribution in [0.3, 0.4) is 0 Å². The summed E-state index contributed by atoms with van der Waals surface area (Å²) < 4.78 is 14.1. The lowest BCUT2D eigenvalue weighted by molar-refractivity contribution is -0.117. The number of nitrogens with one attached hydrogen (secondary N) is 1. The Morgan fingerprint density at radius 1 is 1.07 bits per heavy atom. The van der Waals surface area contributed by atoms with Crippen molar-refractivity contribution in [3.05, 3.63) is 59.4 Å². The molecule has 0 fully saturated rings. The summed E-state index contributed by atoms with van der Waals surface area (Å²) in [5.41, 5.74) is 4.68. The van der Waals surface area contributed by atoms with E-state index < -0.39 is 0 Å². The maximum absolute atomic E-state index is 14.1. The summed E-state index contributed by atoms with van der Waals surface area (Å²) in [6, 6.07) is 12.7. The SMILES string of the molecule is Cc1cc(-c2ccc3cccc(F)c3n2)cc(C)c1NC(=O)CC(C)(C)C. The first-order chi connectivity index (χ1) is 12.6. The van der Waals surface area contributed by atoms with Gasteiger partial charge in [0.1, 0.15) is 11.3 Å². The Hall–Kier alpha value is -2.75. The predicted octanol–water partition coefficient (Wildman–Crippen LogP) is 6.03. The third-order valence-electron chi connectivity index (χ3n) is 4.45. The molecule has 0 aliphatic carbocycles. The van der Waals surface area contributed by atoms with E-state index in [0.29, 0.717) is 17.6 Å². The molecule has 0 unspecified atom stereocenters. The van der Waals surface area contributed by atoms with E-state index in [4.69, 9.17) is 0 Å². The van der Waals surface area contributed by atoms with Gasteiger partial charge in [0.2, 0.25) is 5.91 Å². The quantitative estimate of drug-likeness (QED) is 0.616. The summed E-state index contributed by atoms with van der Waals surface area (Å²) in [6.45, 7) is 10.1. The summed E-state index contributed by atoms with van der Waals surface area (Å²) in [5.74, 6) is -0.318. The van der Waals surface area contributed by atoms with Gasteiger partial charge in [0.25, 0.3) is 0 Å². The molecule has 1 heterocycles. The topological polar surface area (TPSA) is 42.0 Å². The summed E-state index contributed by atoms with van der Waals surface area (Å²) in [6.07, 6.45) is 0.457. The van der Waals surface area contributed by atoms with Crippen molar-refractivity contribution < 1.29 is 9.18 Å². The van der Waals surface area contributed by atoms with E-state index in [2.05, 4.69) is 10.3 Å². The van der Waals surface area contributed by atoms with Gasteiger partial charge in [-0.05, 0) is 54.7 Å². The Kier molecular flexibility index (Phi) is 5.01. The van der Waals surface area contributed by atoms with Crippen molar-refractivity contribution in [1.29, 1.82) is 0 Å². The number of nitrogens with zero attached hydrogens (tertiary/aromatic N) is 1. The van der Waals surface area contributed by atoms with E-state index in [0.717, 1.165) is 27.8 Å². The average Bonchev–Trinajstić information content (AvgIpc) is 2.56. The smallest absolute Gasteiger partial charge is 0.224 e. The van der Waals surface area contributed by atoms with Gasteiger partial charge in [-0.3, -0.25) is 4.79 Å². The highest BCUT2D eigenvalue weighted by atomic mass is 19.1. The van der Waals surface area contributed by atoms with Gasteiger partial charge in [-0.2, -0.15) is 0 Å². The Bertz CT molecular complexity index is 996. The number of pyridine rings is 1. The van der Waals surface area contributed by atoms with Crippen LogP contribution in [0.4, 0.5) is 10.1 Å². The van der Waals surface area contributed by atoms with Crippen molar-refractivity contribution in [2.75, 3.05) is 5.32 Å². The molecule has 140 valence electrons. The van der Waals surface area contributed by atoms with Crippen LogP contribution in [-0.4, -0.2) is 10.9 Å². The average molecular weight is 364 g/mol. The minimum Gasteiger partial charge on any atom is -0.326 e. The molecule has 1 aromatic heterocycles. The molecular formula is C23H25FN2O. The molecule has 0 bridgehead atoms. The number of carbonyl (C=O) groups excluding carboxylic acids is 1. The second-order valence-corrected chi connectivity index (χ2v) is 8.28. The molecule has 0 aliphatic heterocycles. The lowest BCUT2D eigenvalue weighted by atomic mass is 9.91. The standard InChI is InChI=1S/C23H25FN2O/c1-14-11-17(12-15(2)21(14)26-20(27)13-23(3,4)5)19-10-9-16-7-6-8-18(24)22(16)25-19/h6-12H,13H2,1-5H3,(H,26,27). The van der Waals surface area contributed by atoms with E-state index in [1.807, 2.05) is 65.0 Å². The molecule has 1 amide bonds. The van der Waals surface area contributed by atoms with Gasteiger partial charge in [-0.1, -0.05) is 39.0 Å². The zero-order chi connectivity index (χ0) is 19.8. The van der Waals surface area contributed by atoms with Crippen LogP contribution in [0.25, 0.3) is 22.2 Å². The second-order valence-electron chi connectivity index (χ2n) is 8.28. The van der Waals surface area contributed by atoms with Crippen molar-refractivity contribution in [2.45, 2.75) is 41.0 Å². The molecule has 0 radical (unpaired) electrons. The van der Waals surface area contributed by atoms with Crippen LogP contribution in [0.5, 0.6) is 0 Å². The Balaban J connectivity index is 1.95. The maximum Gasteiger partial charge on any atom is 0.224 e. The first-order valence-corrected chi connectivity index (χ1v) is 9.11. The van der Waals surface area contributed by atoms with Crippen LogP contribution in [0, 0.1) is 25.1 Å². The number of amides is 1. The lowest BCUT2D eigenvalue weighted by Crippen LogP contribution is -2.20. The number of hydrogen-bond donors (Lipinski definition) is 1. The molecule has 2 aromatic carbocycles. The number of aryl methyl sites for hydroxylation is 2. The molecule has 0 saturated heterocycles. The van der Waals surface area contributed by atoms with Gasteiger partial charge in [0.15, 0.2) is 0 Å². The zero-order valence-corrected chi connectivity index (χ0v) is 16.5. The number of carbonyl (C=O) groups is 1. The van der Waals surface area contributed by atoms with Crippen molar-refractivity contribution in [2.24, 2.45) is 5.41 Å². The highest BCUT2D eigenvalue weighted by Crippen LogP contribution is 2.30. The summed E-state index contributed by atoms with van der Waals surface area (Å²) in [4.78, 5) is 16.8. The molecule has 0 spiro atoms. The zero-order valence-electron chi connectivity index (χ0n) is 16.5. The minimum absolute atomic E-state index is 0.00681. The Labute approximate surface area is 159 Å². The molecule has 27 heavy (non-hydrogen) atoms. The van der Waals surface area contributed by atoms with Crippen molar-refractivity contribution in [1.82, 2.24) is 4.98 Å². The number of benzene rings is 2. The van der Waals surface area contributed by atoms with Gasteiger partial charge in [-0.25, -0.2) is 9.37 Å². The summed E-state index contributed by atoms with van der Waals surface area (Å²) in [7, 11) is 0. The number of hydrogen-bond acceptors (Lipinski definition) is 2. The molecule has 1 N–H and O–H groups in total. The van der Waals surface area contributed by atoms with E-state index in [1.54, 1.807) is 6.07 Å². The Morgan fingerprint density at radius 2 is 1.74 bits per heavy atom. The van der Waals surface area contributed by atoms with Gasteiger partial charge in [-0.15, -0.1) is 0 Å². The van der Waals surface area contributed by atoms with Crippen molar-refractivity contribution in [3.63, 3.8) is 0 Å². The maximum atomic E-state index is 14.1. The van der Waals surface area contributed by atoms with Crippen molar-refractivity contribution in [3.8, 4) is 11.3 Å². The Morgan fingerprint density at radius 3 is 2.37 bits per heavy atom. The van der Waals surface area contributed by atoms with Crippen LogP contribution in [0.15, 0.2) is 42.5 Å². The number of rotatable bonds is 3. The van der Waals surface area contributed by atoms with Gasteiger partial charge in [0, 0.05) is 23.1 Å². The van der Waals surface area contributed by atoms with E-state index in [9.17, 15) is 9.18 Å². The number of halogens is 1. The number of anilines is 1. The largest absolute Gasteiger partial charge is 0.326 e. The number of aromatic nitrogens is 1. The van der Waals surface area contributed by atoms with Crippen molar-refractivity contribution >= 4 is 22.5 Å².